The van der Waals surface area contributed by atoms with Crippen molar-refractivity contribution in [3.8, 4) is 0 Å². The molecule has 2 N–H and O–H groups in total. The van der Waals surface area contributed by atoms with Crippen molar-refractivity contribution in [2.24, 2.45) is 0 Å². The smallest absolute Gasteiger partial charge is 0.407 e. The molecule has 29 heavy (non-hydrogen) atoms. The van der Waals surface area contributed by atoms with Gasteiger partial charge in [-0.1, -0.05) is 36.4 Å². The van der Waals surface area contributed by atoms with E-state index in [2.05, 4.69) is 20.3 Å². The lowest BCUT2D eigenvalue weighted by atomic mass is 10.1. The van der Waals surface area contributed by atoms with Gasteiger partial charge in [-0.2, -0.15) is 4.98 Å². The topological polar surface area (TPSA) is 75.2 Å². The van der Waals surface area contributed by atoms with Crippen molar-refractivity contribution in [1.29, 1.82) is 0 Å². The van der Waals surface area contributed by atoms with Crippen molar-refractivity contribution >= 4 is 30.5 Å². The summed E-state index contributed by atoms with van der Waals surface area (Å²) in [5, 5.41) is 6.21. The number of hydrogen-bond donors (Lipinski definition) is 2. The van der Waals surface area contributed by atoms with E-state index in [1.165, 1.54) is 0 Å². The molecule has 0 atom stereocenters. The fourth-order valence-electron chi connectivity index (χ4n) is 3.18. The van der Waals surface area contributed by atoms with E-state index in [9.17, 15) is 4.79 Å². The van der Waals surface area contributed by atoms with Crippen molar-refractivity contribution in [2.45, 2.75) is 51.9 Å². The molecule has 0 unspecified atom stereocenters. The second-order valence-corrected chi connectivity index (χ2v) is 8.61. The number of H-pyrrole nitrogens is 1. The average Bonchev–Trinajstić information content (AvgIpc) is 3.00. The second-order valence-electron chi connectivity index (χ2n) is 8.24. The SMILES string of the molecule is CC(C)(C)OC(=O)NC1CCN(Cn2[nH]c(C=Cc3ccccc3)nc2=S)CC1. The van der Waals surface area contributed by atoms with Crippen molar-refractivity contribution in [1.82, 2.24) is 25.0 Å². The van der Waals surface area contributed by atoms with Crippen LogP contribution in [0.5, 0.6) is 0 Å². The van der Waals surface area contributed by atoms with Gasteiger partial charge in [-0.15, -0.1) is 0 Å². The first kappa shape index (κ1) is 21.3. The molecule has 1 saturated heterocycles. The van der Waals surface area contributed by atoms with Crippen molar-refractivity contribution < 1.29 is 9.53 Å². The molecule has 1 aromatic carbocycles. The van der Waals surface area contributed by atoms with Gasteiger partial charge in [0.1, 0.15) is 11.4 Å². The number of benzene rings is 1. The summed E-state index contributed by atoms with van der Waals surface area (Å²) < 4.78 is 7.75. The summed E-state index contributed by atoms with van der Waals surface area (Å²) in [6, 6.07) is 10.2. The molecule has 0 saturated carbocycles. The summed E-state index contributed by atoms with van der Waals surface area (Å²) in [5.41, 5.74) is 0.634. The van der Waals surface area contributed by atoms with E-state index in [1.54, 1.807) is 0 Å². The zero-order valence-corrected chi connectivity index (χ0v) is 18.0. The number of rotatable bonds is 5. The molecule has 1 aromatic heterocycles. The molecular weight excluding hydrogens is 386 g/mol. The Morgan fingerprint density at radius 1 is 1.28 bits per heavy atom. The Labute approximate surface area is 176 Å². The van der Waals surface area contributed by atoms with Gasteiger partial charge in [0.2, 0.25) is 4.77 Å². The Kier molecular flexibility index (Phi) is 6.87. The van der Waals surface area contributed by atoms with Crippen LogP contribution in [0.15, 0.2) is 30.3 Å². The second kappa shape index (κ2) is 9.37. The summed E-state index contributed by atoms with van der Waals surface area (Å²) in [6.45, 7) is 8.00. The zero-order valence-electron chi connectivity index (χ0n) is 17.2. The number of alkyl carbamates (subject to hydrolysis) is 1. The largest absolute Gasteiger partial charge is 0.444 e. The minimum absolute atomic E-state index is 0.139. The van der Waals surface area contributed by atoms with Crippen LogP contribution in [0.1, 0.15) is 45.0 Å². The maximum Gasteiger partial charge on any atom is 0.407 e. The monoisotopic (exact) mass is 415 g/mol. The number of carbonyl (C=O) groups is 1. The van der Waals surface area contributed by atoms with Crippen LogP contribution in [-0.2, 0) is 11.4 Å². The highest BCUT2D eigenvalue weighted by atomic mass is 32.1. The van der Waals surface area contributed by atoms with Crippen LogP contribution in [0, 0.1) is 4.77 Å². The number of carbonyl (C=O) groups excluding carboxylic acids is 1. The maximum atomic E-state index is 11.9. The van der Waals surface area contributed by atoms with Crippen LogP contribution in [0.2, 0.25) is 0 Å². The molecule has 8 heteroatoms. The third-order valence-corrected chi connectivity index (χ3v) is 4.89. The van der Waals surface area contributed by atoms with E-state index in [0.29, 0.717) is 11.4 Å². The Hall–Kier alpha value is -2.45. The van der Waals surface area contributed by atoms with Gasteiger partial charge in [0.25, 0.3) is 0 Å². The molecule has 3 rings (SSSR count). The number of amides is 1. The Bertz CT molecular complexity index is 890. The van der Waals surface area contributed by atoms with Gasteiger partial charge in [0, 0.05) is 19.1 Å². The van der Waals surface area contributed by atoms with Gasteiger partial charge < -0.3 is 10.1 Å². The van der Waals surface area contributed by atoms with Crippen LogP contribution in [0.3, 0.4) is 0 Å². The van der Waals surface area contributed by atoms with Gasteiger partial charge in [-0.05, 0) is 57.5 Å². The number of hydrogen-bond acceptors (Lipinski definition) is 5. The lowest BCUT2D eigenvalue weighted by Gasteiger charge is -2.32. The zero-order chi connectivity index (χ0) is 20.9. The summed E-state index contributed by atoms with van der Waals surface area (Å²) in [4.78, 5) is 18.6. The van der Waals surface area contributed by atoms with Crippen LogP contribution in [-0.4, -0.2) is 50.5 Å². The quantitative estimate of drug-likeness (QED) is 0.721. The van der Waals surface area contributed by atoms with E-state index in [1.807, 2.05) is 67.9 Å². The van der Waals surface area contributed by atoms with E-state index in [0.717, 1.165) is 37.3 Å². The third-order valence-electron chi connectivity index (χ3n) is 4.58. The normalized spacial score (nSPS) is 16.2. The van der Waals surface area contributed by atoms with Gasteiger partial charge >= 0.3 is 6.09 Å². The first-order valence-electron chi connectivity index (χ1n) is 9.90. The minimum Gasteiger partial charge on any atom is -0.444 e. The molecule has 0 bridgehead atoms. The lowest BCUT2D eigenvalue weighted by Crippen LogP contribution is -2.46. The van der Waals surface area contributed by atoms with Gasteiger partial charge in [0.15, 0.2) is 0 Å². The Balaban J connectivity index is 1.49. The number of likely N-dealkylation sites (tertiary alicyclic amines) is 1. The highest BCUT2D eigenvalue weighted by molar-refractivity contribution is 7.71. The van der Waals surface area contributed by atoms with Crippen LogP contribution >= 0.6 is 12.2 Å². The molecule has 2 heterocycles. The molecule has 7 nitrogen and oxygen atoms in total. The Morgan fingerprint density at radius 3 is 2.62 bits per heavy atom. The van der Waals surface area contributed by atoms with E-state index >= 15 is 0 Å². The first-order chi connectivity index (χ1) is 13.8. The van der Waals surface area contributed by atoms with E-state index in [-0.39, 0.29) is 12.1 Å². The minimum atomic E-state index is -0.478. The van der Waals surface area contributed by atoms with Crippen LogP contribution in [0.4, 0.5) is 4.79 Å². The van der Waals surface area contributed by atoms with Crippen LogP contribution in [0.25, 0.3) is 12.2 Å². The number of aromatic nitrogens is 3. The summed E-state index contributed by atoms with van der Waals surface area (Å²) >= 11 is 5.39. The molecule has 0 radical (unpaired) electrons. The third kappa shape index (κ3) is 6.83. The summed E-state index contributed by atoms with van der Waals surface area (Å²) in [6.07, 6.45) is 5.34. The number of aromatic amines is 1. The maximum absolute atomic E-state index is 11.9. The molecule has 0 aliphatic carbocycles. The summed E-state index contributed by atoms with van der Waals surface area (Å²) in [7, 11) is 0. The van der Waals surface area contributed by atoms with Crippen molar-refractivity contribution in [3.05, 3.63) is 46.5 Å². The van der Waals surface area contributed by atoms with Crippen LogP contribution < -0.4 is 5.32 Å². The predicted octanol–water partition coefficient (Wildman–Crippen LogP) is 4.06. The fourth-order valence-corrected chi connectivity index (χ4v) is 3.38. The predicted molar refractivity (Wildman–Crippen MR) is 117 cm³/mol. The van der Waals surface area contributed by atoms with Gasteiger partial charge in [-0.3, -0.25) is 10.00 Å². The number of ether oxygens (including phenoxy) is 1. The average molecular weight is 416 g/mol. The van der Waals surface area contributed by atoms with Crippen molar-refractivity contribution in [2.75, 3.05) is 13.1 Å². The number of nitrogens with one attached hydrogen (secondary N) is 2. The first-order valence-corrected chi connectivity index (χ1v) is 10.3. The number of nitrogens with zero attached hydrogens (tertiary/aromatic N) is 3. The highest BCUT2D eigenvalue weighted by Crippen LogP contribution is 2.13. The Morgan fingerprint density at radius 2 is 1.97 bits per heavy atom. The highest BCUT2D eigenvalue weighted by Gasteiger charge is 2.23. The fraction of sp³-hybridized carbons (Fsp3) is 0.476. The van der Waals surface area contributed by atoms with Gasteiger partial charge in [-0.25, -0.2) is 9.48 Å². The van der Waals surface area contributed by atoms with E-state index in [4.69, 9.17) is 17.0 Å². The van der Waals surface area contributed by atoms with E-state index < -0.39 is 5.60 Å². The molecule has 0 spiro atoms. The molecule has 156 valence electrons. The summed E-state index contributed by atoms with van der Waals surface area (Å²) in [5.74, 6) is 0.736. The standard InChI is InChI=1S/C21H29N5O2S/c1-21(2,3)28-20(27)22-17-11-13-25(14-12-17)15-26-19(29)23-18(24-26)10-9-16-7-5-4-6-8-16/h4-10,17H,11-15H2,1-3H3,(H,22,27)(H,23,24,29). The lowest BCUT2D eigenvalue weighted by molar-refractivity contribution is 0.0470. The molecule has 2 aromatic rings. The molecular formula is C21H29N5O2S. The molecule has 1 amide bonds. The van der Waals surface area contributed by atoms with Crippen molar-refractivity contribution in [3.63, 3.8) is 0 Å². The van der Waals surface area contributed by atoms with Gasteiger partial charge in [0.05, 0.1) is 6.67 Å². The number of piperidine rings is 1. The molecule has 1 aliphatic heterocycles. The molecule has 1 aliphatic rings. The molecule has 1 fully saturated rings.